The maximum Gasteiger partial charge on any atom is 0.329 e. The van der Waals surface area contributed by atoms with Gasteiger partial charge in [-0.25, -0.2) is 4.79 Å². The van der Waals surface area contributed by atoms with Crippen LogP contribution in [0.25, 0.3) is 0 Å². The highest BCUT2D eigenvalue weighted by Crippen LogP contribution is 2.53. The first-order chi connectivity index (χ1) is 9.33. The largest absolute Gasteiger partial charge is 0.480 e. The SMILES string of the molecule is O=C(O)C(Cl)(CC(Cl)(Cl)Cl)c1c(Br)c(Br)c(Br)c(Br)c1Br. The Hall–Kier alpha value is 2.25. The quantitative estimate of drug-likeness (QED) is 0.199. The van der Waals surface area contributed by atoms with E-state index in [9.17, 15) is 9.90 Å². The van der Waals surface area contributed by atoms with Gasteiger partial charge in [-0.05, 0) is 79.6 Å². The molecule has 1 aromatic rings. The van der Waals surface area contributed by atoms with Crippen LogP contribution in [0.4, 0.5) is 0 Å². The van der Waals surface area contributed by atoms with E-state index in [1.807, 2.05) is 0 Å². The molecule has 0 radical (unpaired) electrons. The molecule has 0 fully saturated rings. The number of carbonyl (C=O) groups is 1. The lowest BCUT2D eigenvalue weighted by atomic mass is 9.95. The molecule has 11 heteroatoms. The third-order valence-corrected chi connectivity index (χ3v) is 9.37. The molecular formula is C10H3Br5Cl4O2. The van der Waals surface area contributed by atoms with Crippen molar-refractivity contribution in [3.63, 3.8) is 0 Å². The molecule has 1 unspecified atom stereocenters. The van der Waals surface area contributed by atoms with Crippen LogP contribution in [-0.4, -0.2) is 14.9 Å². The number of halogens is 9. The molecule has 0 saturated carbocycles. The van der Waals surface area contributed by atoms with Crippen molar-refractivity contribution in [3.05, 3.63) is 27.9 Å². The fourth-order valence-electron chi connectivity index (χ4n) is 1.50. The smallest absolute Gasteiger partial charge is 0.329 e. The van der Waals surface area contributed by atoms with Gasteiger partial charge in [0.1, 0.15) is 0 Å². The van der Waals surface area contributed by atoms with E-state index in [-0.39, 0.29) is 5.56 Å². The lowest BCUT2D eigenvalue weighted by Crippen LogP contribution is -2.35. The van der Waals surface area contributed by atoms with Crippen LogP contribution in [0.1, 0.15) is 12.0 Å². The van der Waals surface area contributed by atoms with Crippen molar-refractivity contribution in [1.29, 1.82) is 0 Å². The number of carboxylic acid groups (broad SMARTS) is 1. The van der Waals surface area contributed by atoms with Gasteiger partial charge in [0.15, 0.2) is 8.67 Å². The topological polar surface area (TPSA) is 37.3 Å². The van der Waals surface area contributed by atoms with Gasteiger partial charge in [-0.3, -0.25) is 0 Å². The monoisotopic (exact) mass is 689 g/mol. The van der Waals surface area contributed by atoms with Crippen molar-refractivity contribution in [2.45, 2.75) is 15.1 Å². The molecular weight excluding hydrogens is 693 g/mol. The minimum atomic E-state index is -1.95. The molecule has 0 aliphatic rings. The average molecular weight is 696 g/mol. The Balaban J connectivity index is 3.73. The summed E-state index contributed by atoms with van der Waals surface area (Å²) < 4.78 is 0.826. The first-order valence-electron chi connectivity index (χ1n) is 4.84. The first kappa shape index (κ1) is 21.3. The molecule has 0 bridgehead atoms. The summed E-state index contributed by atoms with van der Waals surface area (Å²) in [4.78, 5) is 9.77. The molecule has 0 spiro atoms. The standard InChI is InChI=1S/C10H3Br5Cl4O2/c11-3-2(4(12)6(14)7(15)5(3)13)9(16,8(20)21)1-10(17,18)19/h1H2,(H,20,21). The molecule has 0 heterocycles. The highest BCUT2D eigenvalue weighted by molar-refractivity contribution is 9.15. The molecule has 0 aliphatic heterocycles. The third-order valence-electron chi connectivity index (χ3n) is 2.39. The van der Waals surface area contributed by atoms with E-state index in [0.717, 1.165) is 0 Å². The van der Waals surface area contributed by atoms with E-state index in [4.69, 9.17) is 46.4 Å². The zero-order chi connectivity index (χ0) is 16.7. The molecule has 21 heavy (non-hydrogen) atoms. The van der Waals surface area contributed by atoms with Crippen molar-refractivity contribution < 1.29 is 9.90 Å². The van der Waals surface area contributed by atoms with Crippen LogP contribution in [0.5, 0.6) is 0 Å². The van der Waals surface area contributed by atoms with E-state index < -0.39 is 21.1 Å². The predicted molar refractivity (Wildman–Crippen MR) is 105 cm³/mol. The van der Waals surface area contributed by atoms with Crippen molar-refractivity contribution in [3.8, 4) is 0 Å². The van der Waals surface area contributed by atoms with Crippen LogP contribution in [0.15, 0.2) is 22.4 Å². The number of rotatable bonds is 3. The molecule has 0 aromatic heterocycles. The number of hydrogen-bond donors (Lipinski definition) is 1. The summed E-state index contributed by atoms with van der Waals surface area (Å²) in [5.74, 6) is -1.34. The van der Waals surface area contributed by atoms with Gasteiger partial charge in [0.05, 0.1) is 0 Å². The number of alkyl halides is 4. The van der Waals surface area contributed by atoms with Crippen LogP contribution in [0.3, 0.4) is 0 Å². The van der Waals surface area contributed by atoms with Crippen molar-refractivity contribution >= 4 is 132 Å². The van der Waals surface area contributed by atoms with Crippen LogP contribution in [-0.2, 0) is 9.67 Å². The molecule has 118 valence electrons. The van der Waals surface area contributed by atoms with Crippen molar-refractivity contribution in [2.24, 2.45) is 0 Å². The van der Waals surface area contributed by atoms with Gasteiger partial charge in [0.25, 0.3) is 0 Å². The average Bonchev–Trinajstić information content (AvgIpc) is 2.31. The zero-order valence-corrected chi connectivity index (χ0v) is 20.4. The van der Waals surface area contributed by atoms with Gasteiger partial charge in [0, 0.05) is 34.3 Å². The second kappa shape index (κ2) is 7.65. The first-order valence-corrected chi connectivity index (χ1v) is 10.3. The van der Waals surface area contributed by atoms with Gasteiger partial charge in [0.2, 0.25) is 0 Å². The summed E-state index contributed by atoms with van der Waals surface area (Å²) in [7, 11) is 0. The lowest BCUT2D eigenvalue weighted by Gasteiger charge is -2.29. The Morgan fingerprint density at radius 1 is 0.857 bits per heavy atom. The van der Waals surface area contributed by atoms with Crippen molar-refractivity contribution in [2.75, 3.05) is 0 Å². The highest BCUT2D eigenvalue weighted by atomic mass is 79.9. The van der Waals surface area contributed by atoms with Crippen LogP contribution in [0.2, 0.25) is 0 Å². The van der Waals surface area contributed by atoms with E-state index in [2.05, 4.69) is 79.6 Å². The normalized spacial score (nSPS) is 14.9. The Morgan fingerprint density at radius 2 is 1.19 bits per heavy atom. The second-order valence-corrected chi connectivity index (χ2v) is 11.0. The summed E-state index contributed by atoms with van der Waals surface area (Å²) in [6.45, 7) is 0. The van der Waals surface area contributed by atoms with Gasteiger partial charge < -0.3 is 5.11 Å². The van der Waals surface area contributed by atoms with E-state index in [0.29, 0.717) is 22.4 Å². The van der Waals surface area contributed by atoms with E-state index in [1.165, 1.54) is 0 Å². The van der Waals surface area contributed by atoms with Crippen molar-refractivity contribution in [1.82, 2.24) is 0 Å². The fourth-order valence-corrected chi connectivity index (χ4v) is 6.65. The maximum absolute atomic E-state index is 11.7. The highest BCUT2D eigenvalue weighted by Gasteiger charge is 2.48. The summed E-state index contributed by atoms with van der Waals surface area (Å²) in [6, 6.07) is 0. The number of carboxylic acids is 1. The molecule has 0 amide bonds. The molecule has 1 N–H and O–H groups in total. The number of benzene rings is 1. The molecule has 0 saturated heterocycles. The van der Waals surface area contributed by atoms with Crippen LogP contribution >= 0.6 is 126 Å². The van der Waals surface area contributed by atoms with E-state index in [1.54, 1.807) is 0 Å². The van der Waals surface area contributed by atoms with Gasteiger partial charge >= 0.3 is 5.97 Å². The Morgan fingerprint density at radius 3 is 1.48 bits per heavy atom. The number of hydrogen-bond acceptors (Lipinski definition) is 1. The molecule has 0 aliphatic carbocycles. The van der Waals surface area contributed by atoms with Crippen LogP contribution in [0, 0.1) is 0 Å². The van der Waals surface area contributed by atoms with Gasteiger partial charge in [-0.1, -0.05) is 34.8 Å². The van der Waals surface area contributed by atoms with E-state index >= 15 is 0 Å². The fraction of sp³-hybridized carbons (Fsp3) is 0.300. The summed E-state index contributed by atoms with van der Waals surface area (Å²) in [5.41, 5.74) is 0.227. The van der Waals surface area contributed by atoms with Crippen LogP contribution < -0.4 is 0 Å². The number of aliphatic carboxylic acids is 1. The molecule has 1 aromatic carbocycles. The molecule has 1 atom stereocenters. The Kier molecular flexibility index (Phi) is 7.75. The summed E-state index contributed by atoms with van der Waals surface area (Å²) in [6.07, 6.45) is -0.431. The Labute approximate surface area is 182 Å². The minimum Gasteiger partial charge on any atom is -0.480 e. The summed E-state index contributed by atoms with van der Waals surface area (Å²) in [5, 5.41) is 9.56. The predicted octanol–water partition coefficient (Wildman–Crippen LogP) is 7.78. The molecule has 2 nitrogen and oxygen atoms in total. The van der Waals surface area contributed by atoms with Gasteiger partial charge in [-0.15, -0.1) is 11.6 Å². The third kappa shape index (κ3) is 4.66. The minimum absolute atomic E-state index is 0.227. The van der Waals surface area contributed by atoms with Gasteiger partial charge in [-0.2, -0.15) is 0 Å². The second-order valence-electron chi connectivity index (χ2n) is 3.84. The summed E-state index contributed by atoms with van der Waals surface area (Å²) >= 11 is 40.2. The zero-order valence-electron chi connectivity index (χ0n) is 9.46. The Bertz CT molecular complexity index is 575. The lowest BCUT2D eigenvalue weighted by molar-refractivity contribution is -0.140. The maximum atomic E-state index is 11.7. The molecule has 1 rings (SSSR count).